The topological polar surface area (TPSA) is 36.3 Å². The molecule has 0 aliphatic carbocycles. The molecule has 1 aliphatic heterocycles. The van der Waals surface area contributed by atoms with Crippen LogP contribution in [0.2, 0.25) is 0 Å². The SMILES string of the molecule is CCN(CC)C(=N)C1COc2ccccc2C1. The fourth-order valence-electron chi connectivity index (χ4n) is 2.33. The largest absolute Gasteiger partial charge is 0.493 e. The van der Waals surface area contributed by atoms with Crippen molar-refractivity contribution >= 4 is 5.84 Å². The van der Waals surface area contributed by atoms with Gasteiger partial charge in [-0.2, -0.15) is 0 Å². The number of hydrogen-bond donors (Lipinski definition) is 1. The van der Waals surface area contributed by atoms with E-state index >= 15 is 0 Å². The number of para-hydroxylation sites is 1. The van der Waals surface area contributed by atoms with E-state index in [-0.39, 0.29) is 5.92 Å². The van der Waals surface area contributed by atoms with Crippen molar-refractivity contribution < 1.29 is 4.74 Å². The maximum atomic E-state index is 8.23. The summed E-state index contributed by atoms with van der Waals surface area (Å²) in [5.41, 5.74) is 1.22. The summed E-state index contributed by atoms with van der Waals surface area (Å²) < 4.78 is 5.73. The highest BCUT2D eigenvalue weighted by molar-refractivity contribution is 5.82. The Labute approximate surface area is 103 Å². The molecule has 0 amide bonds. The third kappa shape index (κ3) is 2.43. The molecule has 1 unspecified atom stereocenters. The number of ether oxygens (including phenoxy) is 1. The van der Waals surface area contributed by atoms with Gasteiger partial charge >= 0.3 is 0 Å². The molecule has 1 aromatic carbocycles. The van der Waals surface area contributed by atoms with E-state index in [0.717, 1.165) is 25.3 Å². The normalized spacial score (nSPS) is 18.1. The first-order valence-electron chi connectivity index (χ1n) is 6.30. The van der Waals surface area contributed by atoms with Gasteiger partial charge in [-0.3, -0.25) is 5.41 Å². The average molecular weight is 232 g/mol. The summed E-state index contributed by atoms with van der Waals surface area (Å²) in [4.78, 5) is 2.10. The molecule has 0 spiro atoms. The van der Waals surface area contributed by atoms with Crippen molar-refractivity contribution in [1.82, 2.24) is 4.90 Å². The number of nitrogens with zero attached hydrogens (tertiary/aromatic N) is 1. The zero-order valence-corrected chi connectivity index (χ0v) is 10.6. The third-order valence-corrected chi connectivity index (χ3v) is 3.37. The monoisotopic (exact) mass is 232 g/mol. The zero-order chi connectivity index (χ0) is 12.3. The van der Waals surface area contributed by atoms with Gasteiger partial charge in [0.25, 0.3) is 0 Å². The van der Waals surface area contributed by atoms with Gasteiger partial charge < -0.3 is 9.64 Å². The maximum Gasteiger partial charge on any atom is 0.122 e. The molecule has 1 N–H and O–H groups in total. The fraction of sp³-hybridized carbons (Fsp3) is 0.500. The predicted octanol–water partition coefficient (Wildman–Crippen LogP) is 2.56. The van der Waals surface area contributed by atoms with Crippen LogP contribution >= 0.6 is 0 Å². The van der Waals surface area contributed by atoms with Gasteiger partial charge in [-0.25, -0.2) is 0 Å². The second kappa shape index (κ2) is 5.21. The van der Waals surface area contributed by atoms with E-state index in [9.17, 15) is 0 Å². The lowest BCUT2D eigenvalue weighted by molar-refractivity contribution is 0.246. The number of benzene rings is 1. The summed E-state index contributed by atoms with van der Waals surface area (Å²) in [5.74, 6) is 1.89. The second-order valence-electron chi connectivity index (χ2n) is 4.38. The van der Waals surface area contributed by atoms with Gasteiger partial charge in [0.05, 0.1) is 12.5 Å². The first kappa shape index (κ1) is 12.0. The highest BCUT2D eigenvalue weighted by Crippen LogP contribution is 2.27. The number of hydrogen-bond acceptors (Lipinski definition) is 2. The van der Waals surface area contributed by atoms with E-state index in [1.165, 1.54) is 5.56 Å². The number of fused-ring (bicyclic) bond motifs is 1. The van der Waals surface area contributed by atoms with Gasteiger partial charge in [0.1, 0.15) is 11.6 Å². The molecule has 0 radical (unpaired) electrons. The Morgan fingerprint density at radius 1 is 1.35 bits per heavy atom. The molecule has 3 nitrogen and oxygen atoms in total. The molecule has 0 aromatic heterocycles. The lowest BCUT2D eigenvalue weighted by atomic mass is 9.95. The summed E-state index contributed by atoms with van der Waals surface area (Å²) in [6.45, 7) is 6.61. The lowest BCUT2D eigenvalue weighted by Gasteiger charge is -2.31. The Morgan fingerprint density at radius 2 is 2.06 bits per heavy atom. The third-order valence-electron chi connectivity index (χ3n) is 3.37. The van der Waals surface area contributed by atoms with Crippen LogP contribution in [0.3, 0.4) is 0 Å². The summed E-state index contributed by atoms with van der Waals surface area (Å²) in [6, 6.07) is 8.13. The molecule has 0 fully saturated rings. The van der Waals surface area contributed by atoms with Gasteiger partial charge in [0, 0.05) is 13.1 Å². The summed E-state index contributed by atoms with van der Waals surface area (Å²) in [7, 11) is 0. The quantitative estimate of drug-likeness (QED) is 0.642. The molecule has 0 saturated carbocycles. The van der Waals surface area contributed by atoms with Crippen molar-refractivity contribution in [3.05, 3.63) is 29.8 Å². The van der Waals surface area contributed by atoms with E-state index in [1.54, 1.807) is 0 Å². The highest BCUT2D eigenvalue weighted by Gasteiger charge is 2.25. The Morgan fingerprint density at radius 3 is 2.76 bits per heavy atom. The molecule has 17 heavy (non-hydrogen) atoms. The highest BCUT2D eigenvalue weighted by atomic mass is 16.5. The van der Waals surface area contributed by atoms with Crippen LogP contribution in [0.15, 0.2) is 24.3 Å². The van der Waals surface area contributed by atoms with Crippen LogP contribution in [0, 0.1) is 11.3 Å². The molecule has 1 aromatic rings. The summed E-state index contributed by atoms with van der Waals surface area (Å²) in [6.07, 6.45) is 0.922. The average Bonchev–Trinajstić information content (AvgIpc) is 2.39. The molecular formula is C14H20N2O. The molecule has 0 bridgehead atoms. The number of nitrogens with one attached hydrogen (secondary N) is 1. The number of rotatable bonds is 3. The standard InChI is InChI=1S/C14H20N2O/c1-3-16(4-2)14(15)12-9-11-7-5-6-8-13(11)17-10-12/h5-8,12,15H,3-4,9-10H2,1-2H3. The first-order valence-corrected chi connectivity index (χ1v) is 6.30. The summed E-state index contributed by atoms with van der Waals surface area (Å²) in [5, 5.41) is 8.23. The Kier molecular flexibility index (Phi) is 3.67. The Balaban J connectivity index is 2.09. The first-order chi connectivity index (χ1) is 8.26. The molecule has 0 saturated heterocycles. The minimum atomic E-state index is 0.199. The van der Waals surface area contributed by atoms with E-state index in [0.29, 0.717) is 12.4 Å². The van der Waals surface area contributed by atoms with Gasteiger partial charge in [0.2, 0.25) is 0 Å². The minimum Gasteiger partial charge on any atom is -0.493 e. The van der Waals surface area contributed by atoms with E-state index in [4.69, 9.17) is 10.1 Å². The van der Waals surface area contributed by atoms with Crippen LogP contribution in [0.25, 0.3) is 0 Å². The number of amidine groups is 1. The molecule has 1 heterocycles. The van der Waals surface area contributed by atoms with E-state index < -0.39 is 0 Å². The van der Waals surface area contributed by atoms with Crippen molar-refractivity contribution in [2.24, 2.45) is 5.92 Å². The van der Waals surface area contributed by atoms with Gasteiger partial charge in [-0.05, 0) is 31.9 Å². The van der Waals surface area contributed by atoms with Gasteiger partial charge in [0.15, 0.2) is 0 Å². The van der Waals surface area contributed by atoms with Crippen LogP contribution in [-0.4, -0.2) is 30.4 Å². The van der Waals surface area contributed by atoms with Crippen LogP contribution in [0.5, 0.6) is 5.75 Å². The molecule has 3 heteroatoms. The second-order valence-corrected chi connectivity index (χ2v) is 4.38. The van der Waals surface area contributed by atoms with Gasteiger partial charge in [-0.1, -0.05) is 18.2 Å². The molecule has 92 valence electrons. The van der Waals surface area contributed by atoms with Crippen LogP contribution in [-0.2, 0) is 6.42 Å². The zero-order valence-electron chi connectivity index (χ0n) is 10.6. The minimum absolute atomic E-state index is 0.199. The smallest absolute Gasteiger partial charge is 0.122 e. The maximum absolute atomic E-state index is 8.23. The molecule has 2 rings (SSSR count). The predicted molar refractivity (Wildman–Crippen MR) is 69.8 cm³/mol. The van der Waals surface area contributed by atoms with Crippen LogP contribution in [0.1, 0.15) is 19.4 Å². The van der Waals surface area contributed by atoms with E-state index in [2.05, 4.69) is 24.8 Å². The van der Waals surface area contributed by atoms with Crippen molar-refractivity contribution in [1.29, 1.82) is 5.41 Å². The van der Waals surface area contributed by atoms with Crippen molar-refractivity contribution in [2.45, 2.75) is 20.3 Å². The van der Waals surface area contributed by atoms with Crippen molar-refractivity contribution in [3.63, 3.8) is 0 Å². The van der Waals surface area contributed by atoms with Crippen LogP contribution < -0.4 is 4.74 Å². The van der Waals surface area contributed by atoms with Crippen molar-refractivity contribution in [3.8, 4) is 5.75 Å². The lowest BCUT2D eigenvalue weighted by Crippen LogP contribution is -2.40. The van der Waals surface area contributed by atoms with Crippen molar-refractivity contribution in [2.75, 3.05) is 19.7 Å². The molecular weight excluding hydrogens is 212 g/mol. The Bertz CT molecular complexity index is 399. The fourth-order valence-corrected chi connectivity index (χ4v) is 2.33. The molecule has 1 aliphatic rings. The van der Waals surface area contributed by atoms with Gasteiger partial charge in [-0.15, -0.1) is 0 Å². The van der Waals surface area contributed by atoms with E-state index in [1.807, 2.05) is 18.2 Å². The molecule has 1 atom stereocenters. The van der Waals surface area contributed by atoms with Crippen LogP contribution in [0.4, 0.5) is 0 Å². The Hall–Kier alpha value is -1.51. The summed E-state index contributed by atoms with van der Waals surface area (Å²) >= 11 is 0.